The Morgan fingerprint density at radius 2 is 1.74 bits per heavy atom. The summed E-state index contributed by atoms with van der Waals surface area (Å²) in [6, 6.07) is 14.4. The summed E-state index contributed by atoms with van der Waals surface area (Å²) in [5.74, 6) is 0.870. The molecular formula is C32H32FNO5. The van der Waals surface area contributed by atoms with E-state index in [0.717, 1.165) is 23.1 Å². The van der Waals surface area contributed by atoms with Crippen molar-refractivity contribution in [1.82, 2.24) is 4.90 Å². The molecule has 0 N–H and O–H groups in total. The van der Waals surface area contributed by atoms with E-state index in [9.17, 15) is 14.0 Å². The maximum absolute atomic E-state index is 14.0. The maximum atomic E-state index is 14.0. The number of hydrogen-bond acceptors (Lipinski definition) is 5. The van der Waals surface area contributed by atoms with Gasteiger partial charge in [-0.15, -0.1) is 0 Å². The summed E-state index contributed by atoms with van der Waals surface area (Å²) in [4.78, 5) is 29.4. The third-order valence-corrected chi connectivity index (χ3v) is 7.13. The van der Waals surface area contributed by atoms with Crippen molar-refractivity contribution in [2.45, 2.75) is 46.7 Å². The lowest BCUT2D eigenvalue weighted by atomic mass is 9.96. The van der Waals surface area contributed by atoms with Crippen LogP contribution in [-0.2, 0) is 6.54 Å². The van der Waals surface area contributed by atoms with Crippen LogP contribution in [0.1, 0.15) is 64.7 Å². The Bertz CT molecular complexity index is 1610. The van der Waals surface area contributed by atoms with Crippen LogP contribution in [0.5, 0.6) is 11.5 Å². The average molecular weight is 530 g/mol. The number of carbonyl (C=O) groups is 1. The van der Waals surface area contributed by atoms with Crippen molar-refractivity contribution in [3.05, 3.63) is 104 Å². The third-order valence-electron chi connectivity index (χ3n) is 7.13. The van der Waals surface area contributed by atoms with Crippen molar-refractivity contribution < 1.29 is 23.1 Å². The molecule has 0 bridgehead atoms. The molecule has 1 aliphatic heterocycles. The van der Waals surface area contributed by atoms with Gasteiger partial charge in [0, 0.05) is 6.54 Å². The van der Waals surface area contributed by atoms with E-state index in [1.807, 2.05) is 32.0 Å². The highest BCUT2D eigenvalue weighted by molar-refractivity contribution is 5.99. The zero-order valence-electron chi connectivity index (χ0n) is 22.8. The third kappa shape index (κ3) is 5.01. The van der Waals surface area contributed by atoms with Crippen molar-refractivity contribution in [2.75, 3.05) is 13.7 Å². The second-order valence-corrected chi connectivity index (χ2v) is 10.5. The number of rotatable bonds is 8. The van der Waals surface area contributed by atoms with Gasteiger partial charge in [-0.2, -0.15) is 0 Å². The summed E-state index contributed by atoms with van der Waals surface area (Å²) in [6.07, 6.45) is 0.897. The minimum Gasteiger partial charge on any atom is -0.493 e. The van der Waals surface area contributed by atoms with Crippen molar-refractivity contribution >= 4 is 16.9 Å². The molecule has 6 nitrogen and oxygen atoms in total. The Morgan fingerprint density at radius 1 is 1.00 bits per heavy atom. The van der Waals surface area contributed by atoms with Crippen LogP contribution < -0.4 is 14.9 Å². The lowest BCUT2D eigenvalue weighted by Crippen LogP contribution is -2.29. The minimum atomic E-state index is -0.725. The monoisotopic (exact) mass is 529 g/mol. The van der Waals surface area contributed by atoms with Gasteiger partial charge in [0.1, 0.15) is 11.4 Å². The standard InChI is InChI=1S/C32H32FNO5/c1-18(2)12-13-38-24-11-8-22(16-25(24)37-5)29-28-30(35)27-20(4)14-19(3)15-26(27)39-31(28)32(36)34(29)17-21-6-9-23(33)10-7-21/h6-11,14-16,18,29H,12-13,17H2,1-5H3. The number of benzene rings is 3. The highest BCUT2D eigenvalue weighted by Crippen LogP contribution is 2.42. The quantitative estimate of drug-likeness (QED) is 0.253. The molecule has 0 fully saturated rings. The molecule has 0 saturated carbocycles. The minimum absolute atomic E-state index is 0.0286. The van der Waals surface area contributed by atoms with Crippen LogP contribution in [0.25, 0.3) is 11.0 Å². The van der Waals surface area contributed by atoms with Gasteiger partial charge in [0.15, 0.2) is 16.9 Å². The molecule has 0 spiro atoms. The fourth-order valence-electron chi connectivity index (χ4n) is 5.19. The second-order valence-electron chi connectivity index (χ2n) is 10.5. The van der Waals surface area contributed by atoms with E-state index in [0.29, 0.717) is 40.6 Å². The zero-order valence-corrected chi connectivity index (χ0v) is 22.8. The van der Waals surface area contributed by atoms with E-state index in [2.05, 4.69) is 13.8 Å². The van der Waals surface area contributed by atoms with Crippen molar-refractivity contribution in [1.29, 1.82) is 0 Å². The van der Waals surface area contributed by atoms with E-state index in [-0.39, 0.29) is 29.1 Å². The molecule has 39 heavy (non-hydrogen) atoms. The lowest BCUT2D eigenvalue weighted by Gasteiger charge is -2.26. The number of aryl methyl sites for hydroxylation is 2. The predicted molar refractivity (Wildman–Crippen MR) is 148 cm³/mol. The van der Waals surface area contributed by atoms with Gasteiger partial charge in [0.2, 0.25) is 5.76 Å². The Hall–Kier alpha value is -4.13. The number of hydrogen-bond donors (Lipinski definition) is 0. The molecule has 5 rings (SSSR count). The summed E-state index contributed by atoms with van der Waals surface area (Å²) in [7, 11) is 1.56. The molecular weight excluding hydrogens is 497 g/mol. The molecule has 3 aromatic carbocycles. The normalized spacial score (nSPS) is 14.8. The first-order chi connectivity index (χ1) is 18.7. The van der Waals surface area contributed by atoms with Gasteiger partial charge in [0.25, 0.3) is 5.91 Å². The molecule has 0 saturated heterocycles. The van der Waals surface area contributed by atoms with Crippen molar-refractivity contribution in [2.24, 2.45) is 5.92 Å². The van der Waals surface area contributed by atoms with Gasteiger partial charge in [-0.25, -0.2) is 4.39 Å². The van der Waals surface area contributed by atoms with Crippen LogP contribution >= 0.6 is 0 Å². The van der Waals surface area contributed by atoms with Gasteiger partial charge >= 0.3 is 0 Å². The van der Waals surface area contributed by atoms with E-state index >= 15 is 0 Å². The van der Waals surface area contributed by atoms with Crippen LogP contribution in [-0.4, -0.2) is 24.5 Å². The smallest absolute Gasteiger partial charge is 0.291 e. The molecule has 2 heterocycles. The summed E-state index contributed by atoms with van der Waals surface area (Å²) >= 11 is 0. The van der Waals surface area contributed by atoms with Crippen LogP contribution in [0.3, 0.4) is 0 Å². The summed E-state index contributed by atoms with van der Waals surface area (Å²) in [5.41, 5.74) is 3.58. The SMILES string of the molecule is COc1cc(C2c3c(oc4cc(C)cc(C)c4c3=O)C(=O)N2Cc2ccc(F)cc2)ccc1OCCC(C)C. The van der Waals surface area contributed by atoms with E-state index in [1.165, 1.54) is 12.1 Å². The lowest BCUT2D eigenvalue weighted by molar-refractivity contribution is 0.0714. The number of halogens is 1. The van der Waals surface area contributed by atoms with E-state index < -0.39 is 11.9 Å². The van der Waals surface area contributed by atoms with Crippen LogP contribution in [0.4, 0.5) is 4.39 Å². The molecule has 1 unspecified atom stereocenters. The summed E-state index contributed by atoms with van der Waals surface area (Å²) in [5, 5.41) is 0.460. The van der Waals surface area contributed by atoms with Gasteiger partial charge in [-0.1, -0.05) is 38.1 Å². The molecule has 1 aliphatic rings. The number of methoxy groups -OCH3 is 1. The molecule has 4 aromatic rings. The molecule has 7 heteroatoms. The van der Waals surface area contributed by atoms with Crippen LogP contribution in [0.15, 0.2) is 63.8 Å². The molecule has 202 valence electrons. The van der Waals surface area contributed by atoms with E-state index in [4.69, 9.17) is 13.9 Å². The number of nitrogens with zero attached hydrogens (tertiary/aromatic N) is 1. The summed E-state index contributed by atoms with van der Waals surface area (Å²) < 4.78 is 31.4. The topological polar surface area (TPSA) is 69.0 Å². The second kappa shape index (κ2) is 10.6. The number of amides is 1. The van der Waals surface area contributed by atoms with Gasteiger partial charge < -0.3 is 18.8 Å². The highest BCUT2D eigenvalue weighted by atomic mass is 19.1. The average Bonchev–Trinajstić information content (AvgIpc) is 3.16. The predicted octanol–water partition coefficient (Wildman–Crippen LogP) is 6.73. The molecule has 1 atom stereocenters. The number of carbonyl (C=O) groups excluding carboxylic acids is 1. The molecule has 0 aliphatic carbocycles. The fraction of sp³-hybridized carbons (Fsp3) is 0.312. The number of fused-ring (bicyclic) bond motifs is 2. The van der Waals surface area contributed by atoms with E-state index in [1.54, 1.807) is 36.3 Å². The molecule has 0 radical (unpaired) electrons. The van der Waals surface area contributed by atoms with Crippen molar-refractivity contribution in [3.8, 4) is 11.5 Å². The zero-order chi connectivity index (χ0) is 27.8. The first-order valence-electron chi connectivity index (χ1n) is 13.1. The van der Waals surface area contributed by atoms with Crippen LogP contribution in [0, 0.1) is 25.6 Å². The number of ether oxygens (including phenoxy) is 2. The Kier molecular flexibility index (Phi) is 7.17. The fourth-order valence-corrected chi connectivity index (χ4v) is 5.19. The Morgan fingerprint density at radius 3 is 2.44 bits per heavy atom. The van der Waals surface area contributed by atoms with Gasteiger partial charge in [-0.05, 0) is 78.8 Å². The van der Waals surface area contributed by atoms with Gasteiger partial charge in [-0.3, -0.25) is 9.59 Å². The molecule has 1 aromatic heterocycles. The largest absolute Gasteiger partial charge is 0.493 e. The summed E-state index contributed by atoms with van der Waals surface area (Å²) in [6.45, 7) is 8.76. The highest BCUT2D eigenvalue weighted by Gasteiger charge is 2.43. The van der Waals surface area contributed by atoms with Gasteiger partial charge in [0.05, 0.1) is 30.7 Å². The first-order valence-corrected chi connectivity index (χ1v) is 13.1. The maximum Gasteiger partial charge on any atom is 0.291 e. The Labute approximate surface area is 227 Å². The van der Waals surface area contributed by atoms with Crippen LogP contribution in [0.2, 0.25) is 0 Å². The van der Waals surface area contributed by atoms with Crippen molar-refractivity contribution in [3.63, 3.8) is 0 Å². The first kappa shape index (κ1) is 26.5. The Balaban J connectivity index is 1.65. The molecule has 1 amide bonds.